The van der Waals surface area contributed by atoms with Gasteiger partial charge in [-0.3, -0.25) is 0 Å². The van der Waals surface area contributed by atoms with E-state index < -0.39 is 0 Å². The van der Waals surface area contributed by atoms with E-state index in [-0.39, 0.29) is 11.0 Å². The first kappa shape index (κ1) is 22.0. The van der Waals surface area contributed by atoms with Gasteiger partial charge in [0.2, 0.25) is 0 Å². The van der Waals surface area contributed by atoms with Crippen LogP contribution in [0.25, 0.3) is 0 Å². The second-order valence-electron chi connectivity index (χ2n) is 10.8. The molecule has 1 spiro atoms. The summed E-state index contributed by atoms with van der Waals surface area (Å²) in [7, 11) is 3.47. The van der Waals surface area contributed by atoms with Crippen molar-refractivity contribution in [2.45, 2.75) is 83.6 Å². The third-order valence-electron chi connectivity index (χ3n) is 7.63. The van der Waals surface area contributed by atoms with Crippen LogP contribution in [0.1, 0.15) is 88.5 Å². The highest BCUT2D eigenvalue weighted by Gasteiger charge is 2.53. The highest BCUT2D eigenvalue weighted by molar-refractivity contribution is 5.66. The van der Waals surface area contributed by atoms with Gasteiger partial charge >= 0.3 is 0 Å². The largest absolute Gasteiger partial charge is 0.493 e. The highest BCUT2D eigenvalue weighted by atomic mass is 16.5. The van der Waals surface area contributed by atoms with Crippen molar-refractivity contribution < 1.29 is 9.47 Å². The fraction of sp³-hybridized carbons (Fsp3) is 0.571. The molecule has 1 fully saturated rings. The van der Waals surface area contributed by atoms with Crippen LogP contribution in [0.3, 0.4) is 0 Å². The zero-order chi connectivity index (χ0) is 22.6. The molecule has 1 saturated heterocycles. The summed E-state index contributed by atoms with van der Waals surface area (Å²) >= 11 is 0. The molecule has 4 rings (SSSR count). The van der Waals surface area contributed by atoms with Crippen molar-refractivity contribution in [3.8, 4) is 11.5 Å². The van der Waals surface area contributed by atoms with E-state index in [0.29, 0.717) is 11.8 Å². The van der Waals surface area contributed by atoms with Crippen LogP contribution in [0.2, 0.25) is 0 Å². The Morgan fingerprint density at radius 1 is 0.903 bits per heavy atom. The molecular weight excluding hydrogens is 382 g/mol. The third kappa shape index (κ3) is 3.50. The maximum atomic E-state index is 5.69. The number of rotatable bonds is 5. The van der Waals surface area contributed by atoms with Crippen LogP contribution in [-0.2, 0) is 11.8 Å². The standard InChI is InChI=1S/C28H39NO2/c1-18(2)21-10-9-11-22(19(3)4)26(21)29-17-28(16-27(29,5)6)13-12-20-14-24(30-7)25(31-8)15-23(20)28/h9-11,14-15,18-19H,12-13,16-17H2,1-8H3. The van der Waals surface area contributed by atoms with Gasteiger partial charge in [0.15, 0.2) is 11.5 Å². The van der Waals surface area contributed by atoms with E-state index in [2.05, 4.69) is 76.8 Å². The van der Waals surface area contributed by atoms with Crippen LogP contribution in [-0.4, -0.2) is 26.3 Å². The fourth-order valence-electron chi connectivity index (χ4n) is 6.18. The maximum absolute atomic E-state index is 5.69. The Bertz CT molecular complexity index is 949. The summed E-state index contributed by atoms with van der Waals surface area (Å²) in [5.74, 6) is 2.70. The molecule has 168 valence electrons. The molecule has 0 amide bonds. The lowest BCUT2D eigenvalue weighted by molar-refractivity contribution is 0.353. The normalized spacial score (nSPS) is 21.9. The van der Waals surface area contributed by atoms with Crippen LogP contribution in [0.15, 0.2) is 30.3 Å². The Kier molecular flexibility index (Phi) is 5.52. The van der Waals surface area contributed by atoms with E-state index in [1.54, 1.807) is 14.2 Å². The molecule has 31 heavy (non-hydrogen) atoms. The molecule has 0 saturated carbocycles. The molecule has 1 aliphatic carbocycles. The number of para-hydroxylation sites is 1. The van der Waals surface area contributed by atoms with Gasteiger partial charge in [-0.1, -0.05) is 45.9 Å². The Balaban J connectivity index is 1.84. The molecule has 0 aromatic heterocycles. The number of hydrogen-bond donors (Lipinski definition) is 0. The van der Waals surface area contributed by atoms with Gasteiger partial charge in [-0.15, -0.1) is 0 Å². The molecule has 0 bridgehead atoms. The van der Waals surface area contributed by atoms with Crippen LogP contribution in [0.5, 0.6) is 11.5 Å². The lowest BCUT2D eigenvalue weighted by Gasteiger charge is -2.38. The number of hydrogen-bond acceptors (Lipinski definition) is 3. The molecule has 1 heterocycles. The Morgan fingerprint density at radius 2 is 1.48 bits per heavy atom. The summed E-state index contributed by atoms with van der Waals surface area (Å²) in [6.45, 7) is 15.2. The summed E-state index contributed by atoms with van der Waals surface area (Å²) < 4.78 is 11.3. The molecule has 0 N–H and O–H groups in total. The van der Waals surface area contributed by atoms with E-state index >= 15 is 0 Å². The van der Waals surface area contributed by atoms with E-state index in [4.69, 9.17) is 9.47 Å². The van der Waals surface area contributed by atoms with E-state index in [1.807, 2.05) is 0 Å². The Labute approximate surface area is 188 Å². The molecule has 2 aliphatic rings. The van der Waals surface area contributed by atoms with Crippen molar-refractivity contribution in [1.29, 1.82) is 0 Å². The summed E-state index contributed by atoms with van der Waals surface area (Å²) in [4.78, 5) is 2.74. The zero-order valence-corrected chi connectivity index (χ0v) is 20.6. The molecule has 2 aromatic carbocycles. The molecule has 0 radical (unpaired) electrons. The van der Waals surface area contributed by atoms with Crippen LogP contribution in [0.4, 0.5) is 5.69 Å². The molecule has 2 aromatic rings. The fourth-order valence-corrected chi connectivity index (χ4v) is 6.18. The average molecular weight is 422 g/mol. The topological polar surface area (TPSA) is 21.7 Å². The summed E-state index contributed by atoms with van der Waals surface area (Å²) in [6, 6.07) is 11.4. The molecule has 1 unspecified atom stereocenters. The number of benzene rings is 2. The van der Waals surface area contributed by atoms with E-state index in [0.717, 1.165) is 30.9 Å². The van der Waals surface area contributed by atoms with Crippen molar-refractivity contribution in [1.82, 2.24) is 0 Å². The number of methoxy groups -OCH3 is 2. The lowest BCUT2D eigenvalue weighted by Crippen LogP contribution is -2.39. The quantitative estimate of drug-likeness (QED) is 0.528. The monoisotopic (exact) mass is 421 g/mol. The van der Waals surface area contributed by atoms with Gasteiger partial charge in [0, 0.05) is 23.2 Å². The van der Waals surface area contributed by atoms with Crippen molar-refractivity contribution in [3.05, 3.63) is 52.6 Å². The van der Waals surface area contributed by atoms with Gasteiger partial charge in [-0.25, -0.2) is 0 Å². The van der Waals surface area contributed by atoms with E-state index in [9.17, 15) is 0 Å². The minimum absolute atomic E-state index is 0.0867. The van der Waals surface area contributed by atoms with Crippen molar-refractivity contribution in [2.24, 2.45) is 0 Å². The molecule has 1 aliphatic heterocycles. The maximum Gasteiger partial charge on any atom is 0.161 e. The van der Waals surface area contributed by atoms with Gasteiger partial charge in [-0.2, -0.15) is 0 Å². The van der Waals surface area contributed by atoms with Gasteiger partial charge in [-0.05, 0) is 79.3 Å². The minimum atomic E-state index is 0.0867. The third-order valence-corrected chi connectivity index (χ3v) is 7.63. The summed E-state index contributed by atoms with van der Waals surface area (Å²) in [5, 5.41) is 0. The molecular formula is C28H39NO2. The molecule has 3 nitrogen and oxygen atoms in total. The average Bonchev–Trinajstić information content (AvgIpc) is 3.21. The van der Waals surface area contributed by atoms with Crippen molar-refractivity contribution >= 4 is 5.69 Å². The first-order valence-corrected chi connectivity index (χ1v) is 11.8. The predicted octanol–water partition coefficient (Wildman–Crippen LogP) is 6.82. The van der Waals surface area contributed by atoms with Crippen LogP contribution >= 0.6 is 0 Å². The number of ether oxygens (including phenoxy) is 2. The number of nitrogens with zero attached hydrogens (tertiary/aromatic N) is 1. The summed E-state index contributed by atoms with van der Waals surface area (Å²) in [6.07, 6.45) is 3.47. The van der Waals surface area contributed by atoms with E-state index in [1.165, 1.54) is 34.4 Å². The number of fused-ring (bicyclic) bond motifs is 2. The predicted molar refractivity (Wildman–Crippen MR) is 130 cm³/mol. The zero-order valence-electron chi connectivity index (χ0n) is 20.6. The molecule has 3 heteroatoms. The highest BCUT2D eigenvalue weighted by Crippen LogP contribution is 2.55. The van der Waals surface area contributed by atoms with Gasteiger partial charge < -0.3 is 14.4 Å². The summed E-state index contributed by atoms with van der Waals surface area (Å²) in [5.41, 5.74) is 7.57. The number of aryl methyl sites for hydroxylation is 1. The minimum Gasteiger partial charge on any atom is -0.493 e. The second kappa shape index (κ2) is 7.76. The van der Waals surface area contributed by atoms with Gasteiger partial charge in [0.05, 0.1) is 14.2 Å². The SMILES string of the molecule is COc1cc2c(cc1OC)C1(CC2)CN(c2c(C(C)C)cccc2C(C)C)C(C)(C)C1. The Hall–Kier alpha value is -2.16. The van der Waals surface area contributed by atoms with Crippen molar-refractivity contribution in [3.63, 3.8) is 0 Å². The van der Waals surface area contributed by atoms with Gasteiger partial charge in [0.25, 0.3) is 0 Å². The van der Waals surface area contributed by atoms with Crippen LogP contribution < -0.4 is 14.4 Å². The lowest BCUT2D eigenvalue weighted by atomic mass is 9.77. The van der Waals surface area contributed by atoms with Crippen molar-refractivity contribution in [2.75, 3.05) is 25.7 Å². The second-order valence-corrected chi connectivity index (χ2v) is 10.8. The van der Waals surface area contributed by atoms with Crippen LogP contribution in [0, 0.1) is 0 Å². The number of anilines is 1. The molecule has 1 atom stereocenters. The first-order chi connectivity index (χ1) is 14.6. The van der Waals surface area contributed by atoms with Gasteiger partial charge in [0.1, 0.15) is 0 Å². The smallest absolute Gasteiger partial charge is 0.161 e. The Morgan fingerprint density at radius 3 is 2.03 bits per heavy atom. The first-order valence-electron chi connectivity index (χ1n) is 11.8.